The molecule has 0 heterocycles. The topological polar surface area (TPSA) is 44.5 Å². The van der Waals surface area contributed by atoms with E-state index in [-0.39, 0.29) is 5.92 Å². The zero-order chi connectivity index (χ0) is 16.1. The number of methoxy groups -OCH3 is 2. The fourth-order valence-corrected chi connectivity index (χ4v) is 2.97. The predicted molar refractivity (Wildman–Crippen MR) is 91.5 cm³/mol. The second kappa shape index (κ2) is 7.73. The smallest absolute Gasteiger partial charge is 0.160 e. The summed E-state index contributed by atoms with van der Waals surface area (Å²) >= 11 is 12.5. The van der Waals surface area contributed by atoms with Gasteiger partial charge in [0.25, 0.3) is 0 Å². The van der Waals surface area contributed by atoms with E-state index in [1.807, 2.05) is 36.4 Å². The van der Waals surface area contributed by atoms with Gasteiger partial charge in [0.2, 0.25) is 0 Å². The highest BCUT2D eigenvalue weighted by molar-refractivity contribution is 6.36. The minimum atomic E-state index is 0.0946. The maximum atomic E-state index is 6.25. The molecular formula is C17H19Cl2NO2. The highest BCUT2D eigenvalue weighted by Gasteiger charge is 2.17. The molecule has 0 bridgehead atoms. The van der Waals surface area contributed by atoms with Crippen LogP contribution in [0.4, 0.5) is 0 Å². The van der Waals surface area contributed by atoms with E-state index in [9.17, 15) is 0 Å². The zero-order valence-electron chi connectivity index (χ0n) is 12.6. The molecule has 0 aromatic heterocycles. The van der Waals surface area contributed by atoms with Crippen LogP contribution in [0.1, 0.15) is 17.0 Å². The SMILES string of the molecule is COc1ccc(C(CN)Cc2c(Cl)cccc2Cl)cc1OC. The van der Waals surface area contributed by atoms with Gasteiger partial charge in [0, 0.05) is 16.0 Å². The highest BCUT2D eigenvalue weighted by Crippen LogP contribution is 2.34. The Hall–Kier alpha value is -1.42. The van der Waals surface area contributed by atoms with E-state index in [2.05, 4.69) is 0 Å². The Labute approximate surface area is 140 Å². The van der Waals surface area contributed by atoms with Gasteiger partial charge in [0.15, 0.2) is 11.5 Å². The van der Waals surface area contributed by atoms with Crippen LogP contribution in [0.15, 0.2) is 36.4 Å². The van der Waals surface area contributed by atoms with Crippen molar-refractivity contribution in [3.63, 3.8) is 0 Å². The Kier molecular flexibility index (Phi) is 5.95. The highest BCUT2D eigenvalue weighted by atomic mass is 35.5. The van der Waals surface area contributed by atoms with Crippen molar-refractivity contribution in [3.8, 4) is 11.5 Å². The minimum Gasteiger partial charge on any atom is -0.493 e. The summed E-state index contributed by atoms with van der Waals surface area (Å²) in [4.78, 5) is 0. The summed E-state index contributed by atoms with van der Waals surface area (Å²) in [7, 11) is 3.23. The molecule has 2 aromatic rings. The summed E-state index contributed by atoms with van der Waals surface area (Å²) in [6.07, 6.45) is 0.671. The molecule has 1 atom stereocenters. The van der Waals surface area contributed by atoms with Crippen molar-refractivity contribution in [2.45, 2.75) is 12.3 Å². The first kappa shape index (κ1) is 16.9. The van der Waals surface area contributed by atoms with Gasteiger partial charge in [-0.3, -0.25) is 0 Å². The van der Waals surface area contributed by atoms with Gasteiger partial charge in [-0.2, -0.15) is 0 Å². The Balaban J connectivity index is 2.32. The molecule has 0 aliphatic carbocycles. The van der Waals surface area contributed by atoms with E-state index in [0.717, 1.165) is 11.1 Å². The molecule has 0 saturated carbocycles. The Morgan fingerprint density at radius 3 is 2.18 bits per heavy atom. The molecule has 1 unspecified atom stereocenters. The van der Waals surface area contributed by atoms with E-state index in [0.29, 0.717) is 34.5 Å². The van der Waals surface area contributed by atoms with E-state index in [1.54, 1.807) is 14.2 Å². The Bertz CT molecular complexity index is 626. The molecule has 3 nitrogen and oxygen atoms in total. The Morgan fingerprint density at radius 2 is 1.64 bits per heavy atom. The number of ether oxygens (including phenoxy) is 2. The second-order valence-corrected chi connectivity index (χ2v) is 5.77. The van der Waals surface area contributed by atoms with Crippen molar-refractivity contribution in [3.05, 3.63) is 57.6 Å². The lowest BCUT2D eigenvalue weighted by Crippen LogP contribution is -2.15. The molecule has 2 aromatic carbocycles. The largest absolute Gasteiger partial charge is 0.493 e. The minimum absolute atomic E-state index is 0.0946. The first-order valence-electron chi connectivity index (χ1n) is 6.95. The lowest BCUT2D eigenvalue weighted by molar-refractivity contribution is 0.354. The fraction of sp³-hybridized carbons (Fsp3) is 0.294. The second-order valence-electron chi connectivity index (χ2n) is 4.95. The van der Waals surface area contributed by atoms with Crippen LogP contribution in [-0.4, -0.2) is 20.8 Å². The van der Waals surface area contributed by atoms with Crippen molar-refractivity contribution in [1.82, 2.24) is 0 Å². The third kappa shape index (κ3) is 3.67. The molecule has 0 saturated heterocycles. The first-order chi connectivity index (χ1) is 10.6. The van der Waals surface area contributed by atoms with Crippen molar-refractivity contribution >= 4 is 23.2 Å². The van der Waals surface area contributed by atoms with E-state index in [1.165, 1.54) is 0 Å². The van der Waals surface area contributed by atoms with Crippen molar-refractivity contribution in [2.24, 2.45) is 5.73 Å². The number of hydrogen-bond donors (Lipinski definition) is 1. The molecule has 2 N–H and O–H groups in total. The van der Waals surface area contributed by atoms with Gasteiger partial charge >= 0.3 is 0 Å². The molecule has 0 spiro atoms. The van der Waals surface area contributed by atoms with Gasteiger partial charge in [0.05, 0.1) is 14.2 Å². The van der Waals surface area contributed by atoms with E-state index < -0.39 is 0 Å². The first-order valence-corrected chi connectivity index (χ1v) is 7.71. The maximum Gasteiger partial charge on any atom is 0.160 e. The molecule has 0 fully saturated rings. The molecule has 0 aliphatic rings. The normalized spacial score (nSPS) is 12.0. The maximum absolute atomic E-state index is 6.25. The van der Waals surface area contributed by atoms with Crippen molar-refractivity contribution < 1.29 is 9.47 Å². The summed E-state index contributed by atoms with van der Waals surface area (Å²) in [5, 5.41) is 1.32. The van der Waals surface area contributed by atoms with Gasteiger partial charge in [0.1, 0.15) is 0 Å². The molecular weight excluding hydrogens is 321 g/mol. The molecule has 0 amide bonds. The number of benzene rings is 2. The van der Waals surface area contributed by atoms with Gasteiger partial charge in [-0.15, -0.1) is 0 Å². The zero-order valence-corrected chi connectivity index (χ0v) is 14.1. The van der Waals surface area contributed by atoms with Crippen LogP contribution in [-0.2, 0) is 6.42 Å². The predicted octanol–water partition coefficient (Wildman–Crippen LogP) is 4.30. The third-order valence-corrected chi connectivity index (χ3v) is 4.38. The van der Waals surface area contributed by atoms with Gasteiger partial charge in [-0.1, -0.05) is 35.3 Å². The molecule has 2 rings (SSSR count). The van der Waals surface area contributed by atoms with Crippen LogP contribution in [0.25, 0.3) is 0 Å². The number of halogens is 2. The quantitative estimate of drug-likeness (QED) is 0.853. The summed E-state index contributed by atoms with van der Waals surface area (Å²) in [6, 6.07) is 11.3. The third-order valence-electron chi connectivity index (χ3n) is 3.68. The average Bonchev–Trinajstić information content (AvgIpc) is 2.54. The van der Waals surface area contributed by atoms with Crippen molar-refractivity contribution in [2.75, 3.05) is 20.8 Å². The van der Waals surface area contributed by atoms with Crippen LogP contribution in [0, 0.1) is 0 Å². The van der Waals surface area contributed by atoms with Crippen LogP contribution >= 0.6 is 23.2 Å². The summed E-state index contributed by atoms with van der Waals surface area (Å²) in [6.45, 7) is 0.483. The number of hydrogen-bond acceptors (Lipinski definition) is 3. The summed E-state index contributed by atoms with van der Waals surface area (Å²) < 4.78 is 10.6. The standard InChI is InChI=1S/C17H19Cl2NO2/c1-21-16-7-6-11(9-17(16)22-2)12(10-20)8-13-14(18)4-3-5-15(13)19/h3-7,9,12H,8,10,20H2,1-2H3. The van der Waals surface area contributed by atoms with Crippen molar-refractivity contribution in [1.29, 1.82) is 0 Å². The number of rotatable bonds is 6. The number of nitrogens with two attached hydrogens (primary N) is 1. The van der Waals surface area contributed by atoms with Gasteiger partial charge < -0.3 is 15.2 Å². The molecule has 5 heteroatoms. The molecule has 0 aliphatic heterocycles. The summed E-state index contributed by atoms with van der Waals surface area (Å²) in [5.74, 6) is 1.47. The summed E-state index contributed by atoms with van der Waals surface area (Å²) in [5.41, 5.74) is 7.94. The lowest BCUT2D eigenvalue weighted by Gasteiger charge is -2.19. The molecule has 0 radical (unpaired) electrons. The van der Waals surface area contributed by atoms with Crippen LogP contribution in [0.5, 0.6) is 11.5 Å². The lowest BCUT2D eigenvalue weighted by atomic mass is 9.91. The Morgan fingerprint density at radius 1 is 1.00 bits per heavy atom. The van der Waals surface area contributed by atoms with Gasteiger partial charge in [-0.05, 0) is 48.4 Å². The fourth-order valence-electron chi connectivity index (χ4n) is 2.42. The molecule has 118 valence electrons. The van der Waals surface area contributed by atoms with Gasteiger partial charge in [-0.25, -0.2) is 0 Å². The van der Waals surface area contributed by atoms with Crippen LogP contribution in [0.2, 0.25) is 10.0 Å². The molecule has 22 heavy (non-hydrogen) atoms. The van der Waals surface area contributed by atoms with Crippen LogP contribution < -0.4 is 15.2 Å². The average molecular weight is 340 g/mol. The van der Waals surface area contributed by atoms with E-state index >= 15 is 0 Å². The monoisotopic (exact) mass is 339 g/mol. The van der Waals surface area contributed by atoms with Crippen LogP contribution in [0.3, 0.4) is 0 Å². The van der Waals surface area contributed by atoms with E-state index in [4.69, 9.17) is 38.4 Å².